The number of pyridine rings is 1. The lowest BCUT2D eigenvalue weighted by Gasteiger charge is -2.28. The van der Waals surface area contributed by atoms with Crippen LogP contribution < -0.4 is 4.90 Å². The maximum absolute atomic E-state index is 10.7. The molecule has 0 bridgehead atoms. The summed E-state index contributed by atoms with van der Waals surface area (Å²) in [6.45, 7) is 6.39. The molecule has 204 valence electrons. The number of benzene rings is 4. The van der Waals surface area contributed by atoms with Gasteiger partial charge in [0.05, 0.1) is 22.3 Å². The number of rotatable bonds is 5. The fraction of sp³-hybridized carbons (Fsp3) is 0.0833. The molecule has 0 spiro atoms. The zero-order valence-electron chi connectivity index (χ0n) is 23.5. The van der Waals surface area contributed by atoms with Crippen molar-refractivity contribution in [1.29, 1.82) is 0 Å². The van der Waals surface area contributed by atoms with Gasteiger partial charge in [0.1, 0.15) is 17.2 Å². The predicted molar refractivity (Wildman–Crippen MR) is 169 cm³/mol. The molecular formula is C36H28N4O2. The number of aromatic hydroxyl groups is 1. The number of hydrogen-bond acceptors (Lipinski definition) is 6. The summed E-state index contributed by atoms with van der Waals surface area (Å²) in [5.74, 6) is 1.33. The minimum atomic E-state index is 0.110. The van der Waals surface area contributed by atoms with Gasteiger partial charge in [0.25, 0.3) is 0 Å². The first-order valence-electron chi connectivity index (χ1n) is 13.8. The summed E-state index contributed by atoms with van der Waals surface area (Å²) in [6.07, 6.45) is 1.81. The normalized spacial score (nSPS) is 11.3. The van der Waals surface area contributed by atoms with Crippen LogP contribution in [-0.4, -0.2) is 20.1 Å². The first-order valence-corrected chi connectivity index (χ1v) is 13.8. The molecule has 6 heteroatoms. The monoisotopic (exact) mass is 548 g/mol. The molecule has 0 saturated heterocycles. The van der Waals surface area contributed by atoms with Gasteiger partial charge in [0.15, 0.2) is 5.82 Å². The van der Waals surface area contributed by atoms with Crippen molar-refractivity contribution in [2.45, 2.75) is 20.8 Å². The number of hydrogen-bond donors (Lipinski definition) is 1. The van der Waals surface area contributed by atoms with E-state index in [2.05, 4.69) is 49.9 Å². The van der Waals surface area contributed by atoms with Crippen LogP contribution in [0.2, 0.25) is 0 Å². The number of nitrogens with zero attached hydrogens (tertiary/aromatic N) is 4. The van der Waals surface area contributed by atoms with Crippen LogP contribution in [0, 0.1) is 20.8 Å². The van der Waals surface area contributed by atoms with Crippen molar-refractivity contribution in [1.82, 2.24) is 15.0 Å². The number of aryl methyl sites for hydroxylation is 3. The summed E-state index contributed by atoms with van der Waals surface area (Å²) in [5, 5.41) is 12.4. The van der Waals surface area contributed by atoms with Gasteiger partial charge < -0.3 is 9.52 Å². The van der Waals surface area contributed by atoms with Gasteiger partial charge in [-0.1, -0.05) is 66.2 Å². The lowest BCUT2D eigenvalue weighted by molar-refractivity contribution is 0.477. The van der Waals surface area contributed by atoms with Gasteiger partial charge in [-0.05, 0) is 74.4 Å². The van der Waals surface area contributed by atoms with E-state index in [0.717, 1.165) is 55.9 Å². The number of aromatic nitrogens is 3. The summed E-state index contributed by atoms with van der Waals surface area (Å²) in [5.41, 5.74) is 8.94. The zero-order chi connectivity index (χ0) is 28.8. The fourth-order valence-electron chi connectivity index (χ4n) is 5.79. The minimum absolute atomic E-state index is 0.110. The van der Waals surface area contributed by atoms with Gasteiger partial charge >= 0.3 is 0 Å². The van der Waals surface area contributed by atoms with Crippen molar-refractivity contribution in [2.24, 2.45) is 0 Å². The highest BCUT2D eigenvalue weighted by Gasteiger charge is 2.22. The van der Waals surface area contributed by atoms with E-state index in [-0.39, 0.29) is 5.75 Å². The SMILES string of the molecule is Cc1cc(C)c(N(c2cccc(-c3nc(-c4ccccc4O)nc4oc5ccccc5c34)c2)c2ccccn2)c(C)c1. The predicted octanol–water partition coefficient (Wildman–Crippen LogP) is 9.21. The Hall–Kier alpha value is -5.49. The second-order valence-electron chi connectivity index (χ2n) is 10.5. The van der Waals surface area contributed by atoms with Crippen LogP contribution in [0.1, 0.15) is 16.7 Å². The molecule has 42 heavy (non-hydrogen) atoms. The summed E-state index contributed by atoms with van der Waals surface area (Å²) < 4.78 is 6.22. The van der Waals surface area contributed by atoms with E-state index in [1.165, 1.54) is 5.56 Å². The summed E-state index contributed by atoms with van der Waals surface area (Å²) in [7, 11) is 0. The third-order valence-corrected chi connectivity index (χ3v) is 7.50. The highest BCUT2D eigenvalue weighted by atomic mass is 16.3. The molecule has 6 nitrogen and oxygen atoms in total. The Kier molecular flexibility index (Phi) is 6.16. The quantitative estimate of drug-likeness (QED) is 0.231. The van der Waals surface area contributed by atoms with Gasteiger partial charge in [-0.3, -0.25) is 4.90 Å². The second-order valence-corrected chi connectivity index (χ2v) is 10.5. The van der Waals surface area contributed by atoms with Crippen LogP contribution in [0.15, 0.2) is 114 Å². The highest BCUT2D eigenvalue weighted by molar-refractivity contribution is 6.10. The molecule has 0 saturated carbocycles. The molecule has 7 aromatic rings. The number of phenolic OH excluding ortho intramolecular Hbond substituents is 1. The molecule has 0 aliphatic heterocycles. The summed E-state index contributed by atoms with van der Waals surface area (Å²) in [4.78, 5) is 16.7. The van der Waals surface area contributed by atoms with Crippen molar-refractivity contribution >= 4 is 39.3 Å². The van der Waals surface area contributed by atoms with Crippen molar-refractivity contribution in [3.8, 4) is 28.4 Å². The second kappa shape index (κ2) is 10.2. The van der Waals surface area contributed by atoms with E-state index in [9.17, 15) is 5.11 Å². The van der Waals surface area contributed by atoms with Crippen molar-refractivity contribution in [2.75, 3.05) is 4.90 Å². The Morgan fingerprint density at radius 1 is 0.738 bits per heavy atom. The molecular weight excluding hydrogens is 520 g/mol. The van der Waals surface area contributed by atoms with Crippen LogP contribution >= 0.6 is 0 Å². The smallest absolute Gasteiger partial charge is 0.231 e. The molecule has 4 aromatic carbocycles. The van der Waals surface area contributed by atoms with Crippen LogP contribution in [-0.2, 0) is 0 Å². The van der Waals surface area contributed by atoms with E-state index >= 15 is 0 Å². The van der Waals surface area contributed by atoms with Crippen molar-refractivity contribution in [3.05, 3.63) is 126 Å². The van der Waals surface area contributed by atoms with Gasteiger partial charge in [0, 0.05) is 22.8 Å². The standard InChI is InChI=1S/C36H28N4O2/c1-22-19-23(2)34(24(3)20-22)40(31-17-8-9-18-37-31)26-12-10-11-25(21-26)33-32-28-14-5-7-16-30(28)42-36(32)39-35(38-33)27-13-4-6-15-29(27)41/h4-21,41H,1-3H3. The lowest BCUT2D eigenvalue weighted by atomic mass is 10.0. The zero-order valence-corrected chi connectivity index (χ0v) is 23.5. The Morgan fingerprint density at radius 3 is 2.29 bits per heavy atom. The first-order chi connectivity index (χ1) is 20.5. The van der Waals surface area contributed by atoms with Crippen LogP contribution in [0.25, 0.3) is 44.7 Å². The molecule has 3 aromatic heterocycles. The van der Waals surface area contributed by atoms with E-state index < -0.39 is 0 Å². The minimum Gasteiger partial charge on any atom is -0.507 e. The highest BCUT2D eigenvalue weighted by Crippen LogP contribution is 2.42. The number of anilines is 3. The van der Waals surface area contributed by atoms with E-state index in [1.54, 1.807) is 12.1 Å². The Balaban J connectivity index is 1.49. The average Bonchev–Trinajstić information content (AvgIpc) is 3.38. The molecule has 0 amide bonds. The number of fused-ring (bicyclic) bond motifs is 3. The number of phenols is 1. The lowest BCUT2D eigenvalue weighted by Crippen LogP contribution is -2.14. The summed E-state index contributed by atoms with van der Waals surface area (Å²) in [6, 6.07) is 33.6. The molecule has 0 aliphatic rings. The third-order valence-electron chi connectivity index (χ3n) is 7.50. The van der Waals surface area contributed by atoms with E-state index in [0.29, 0.717) is 17.1 Å². The Labute approximate surface area is 243 Å². The van der Waals surface area contributed by atoms with E-state index in [4.69, 9.17) is 19.4 Å². The maximum Gasteiger partial charge on any atom is 0.231 e. The molecule has 0 aliphatic carbocycles. The molecule has 1 N–H and O–H groups in total. The average molecular weight is 549 g/mol. The number of furan rings is 1. The van der Waals surface area contributed by atoms with Gasteiger partial charge in [-0.15, -0.1) is 0 Å². The molecule has 0 unspecified atom stereocenters. The Bertz CT molecular complexity index is 2080. The molecule has 3 heterocycles. The topological polar surface area (TPSA) is 75.3 Å². The fourth-order valence-corrected chi connectivity index (χ4v) is 5.79. The van der Waals surface area contributed by atoms with Crippen LogP contribution in [0.4, 0.5) is 17.2 Å². The molecule has 0 radical (unpaired) electrons. The van der Waals surface area contributed by atoms with Gasteiger partial charge in [-0.2, -0.15) is 4.98 Å². The third kappa shape index (κ3) is 4.34. The van der Waals surface area contributed by atoms with Crippen LogP contribution in [0.3, 0.4) is 0 Å². The molecule has 0 atom stereocenters. The van der Waals surface area contributed by atoms with Gasteiger partial charge in [0.2, 0.25) is 5.71 Å². The molecule has 0 fully saturated rings. The van der Waals surface area contributed by atoms with Crippen molar-refractivity contribution < 1.29 is 9.52 Å². The van der Waals surface area contributed by atoms with Gasteiger partial charge in [-0.25, -0.2) is 9.97 Å². The largest absolute Gasteiger partial charge is 0.507 e. The number of para-hydroxylation sites is 2. The molecule has 7 rings (SSSR count). The van der Waals surface area contributed by atoms with Crippen LogP contribution in [0.5, 0.6) is 5.75 Å². The maximum atomic E-state index is 10.7. The summed E-state index contributed by atoms with van der Waals surface area (Å²) >= 11 is 0. The van der Waals surface area contributed by atoms with E-state index in [1.807, 2.05) is 72.9 Å². The Morgan fingerprint density at radius 2 is 1.50 bits per heavy atom. The van der Waals surface area contributed by atoms with Crippen molar-refractivity contribution in [3.63, 3.8) is 0 Å². The first kappa shape index (κ1) is 25.5.